The Morgan fingerprint density at radius 2 is 1.68 bits per heavy atom. The normalized spacial score (nSPS) is 41.6. The number of hydrogen-bond acceptors (Lipinski definition) is 0. The van der Waals surface area contributed by atoms with Gasteiger partial charge in [0.1, 0.15) is 0 Å². The van der Waals surface area contributed by atoms with Gasteiger partial charge in [0.25, 0.3) is 0 Å². The van der Waals surface area contributed by atoms with Crippen LogP contribution in [0.5, 0.6) is 0 Å². The minimum atomic E-state index is 0.444. The highest BCUT2D eigenvalue weighted by molar-refractivity contribution is 5.51. The van der Waals surface area contributed by atoms with Gasteiger partial charge in [-0.15, -0.1) is 0 Å². The molecule has 0 spiro atoms. The summed E-state index contributed by atoms with van der Waals surface area (Å²) in [5.41, 5.74) is 7.58. The summed E-state index contributed by atoms with van der Waals surface area (Å²) in [5, 5.41) is 0. The van der Waals surface area contributed by atoms with E-state index >= 15 is 0 Å². The Kier molecular flexibility index (Phi) is 3.54. The average Bonchev–Trinajstić information content (AvgIpc) is 2.99. The molecular weight excluding hydrogens is 300 g/mol. The largest absolute Gasteiger partial charge is 0.0633 e. The summed E-state index contributed by atoms with van der Waals surface area (Å²) >= 11 is 0. The van der Waals surface area contributed by atoms with Crippen molar-refractivity contribution in [3.63, 3.8) is 0 Å². The van der Waals surface area contributed by atoms with Crippen molar-refractivity contribution in [3.8, 4) is 0 Å². The highest BCUT2D eigenvalue weighted by Crippen LogP contribution is 2.64. The van der Waals surface area contributed by atoms with E-state index in [0.29, 0.717) is 5.41 Å². The van der Waals surface area contributed by atoms with E-state index in [1.54, 1.807) is 11.1 Å². The molecule has 0 aliphatic heterocycles. The number of allylic oxidation sites excluding steroid dienone is 2. The van der Waals surface area contributed by atoms with Crippen molar-refractivity contribution in [2.45, 2.75) is 72.1 Å². The van der Waals surface area contributed by atoms with Crippen molar-refractivity contribution >= 4 is 0 Å². The van der Waals surface area contributed by atoms with Crippen molar-refractivity contribution in [2.75, 3.05) is 0 Å². The van der Waals surface area contributed by atoms with Crippen LogP contribution in [0.3, 0.4) is 0 Å². The number of benzene rings is 1. The molecule has 6 unspecified atom stereocenters. The van der Waals surface area contributed by atoms with E-state index in [9.17, 15) is 0 Å². The predicted octanol–water partition coefficient (Wildman–Crippen LogP) is 6.76. The van der Waals surface area contributed by atoms with E-state index < -0.39 is 0 Å². The molecule has 2 fully saturated rings. The zero-order valence-electron chi connectivity index (χ0n) is 16.5. The van der Waals surface area contributed by atoms with E-state index in [1.165, 1.54) is 38.5 Å². The quantitative estimate of drug-likeness (QED) is 0.460. The second-order valence-corrected chi connectivity index (χ2v) is 10.2. The minimum Gasteiger partial charge on any atom is -0.0633 e. The van der Waals surface area contributed by atoms with Crippen LogP contribution >= 0.6 is 0 Å². The zero-order valence-corrected chi connectivity index (χ0v) is 16.5. The fourth-order valence-electron chi connectivity index (χ4n) is 7.26. The Balaban J connectivity index is 1.70. The lowest BCUT2D eigenvalue weighted by molar-refractivity contribution is 0.0341. The molecule has 2 saturated carbocycles. The summed E-state index contributed by atoms with van der Waals surface area (Å²) in [6, 6.07) is 9.41. The molecule has 0 N–H and O–H groups in total. The van der Waals surface area contributed by atoms with E-state index in [0.717, 1.165) is 35.5 Å². The van der Waals surface area contributed by atoms with Crippen molar-refractivity contribution in [1.29, 1.82) is 0 Å². The van der Waals surface area contributed by atoms with Crippen LogP contribution < -0.4 is 0 Å². The van der Waals surface area contributed by atoms with Gasteiger partial charge in [0, 0.05) is 5.92 Å². The molecule has 25 heavy (non-hydrogen) atoms. The molecule has 0 heterocycles. The third-order valence-corrected chi connectivity index (χ3v) is 9.20. The molecule has 0 amide bonds. The molecular formula is C25H34. The molecule has 0 heteroatoms. The second-order valence-electron chi connectivity index (χ2n) is 10.2. The molecule has 0 saturated heterocycles. The fraction of sp³-hybridized carbons (Fsp3) is 0.680. The Bertz CT molecular complexity index is 721. The first-order valence-electron chi connectivity index (χ1n) is 10.8. The Labute approximate surface area is 154 Å². The van der Waals surface area contributed by atoms with Gasteiger partial charge in [0.15, 0.2) is 0 Å². The van der Waals surface area contributed by atoms with Crippen molar-refractivity contribution in [1.82, 2.24) is 0 Å². The van der Waals surface area contributed by atoms with Gasteiger partial charge in [-0.1, -0.05) is 75.9 Å². The molecule has 0 bridgehead atoms. The molecule has 5 rings (SSSR count). The van der Waals surface area contributed by atoms with Crippen LogP contribution in [0.25, 0.3) is 0 Å². The van der Waals surface area contributed by atoms with E-state index in [-0.39, 0.29) is 0 Å². The molecule has 0 nitrogen and oxygen atoms in total. The predicted molar refractivity (Wildman–Crippen MR) is 106 cm³/mol. The first-order chi connectivity index (χ1) is 12.0. The first kappa shape index (κ1) is 16.2. The van der Waals surface area contributed by atoms with Crippen LogP contribution in [-0.4, -0.2) is 0 Å². The van der Waals surface area contributed by atoms with E-state index in [4.69, 9.17) is 0 Å². The Morgan fingerprint density at radius 1 is 0.960 bits per heavy atom. The summed E-state index contributed by atoms with van der Waals surface area (Å²) in [6.07, 6.45) is 8.60. The molecule has 1 aromatic carbocycles. The van der Waals surface area contributed by atoms with Gasteiger partial charge in [0.05, 0.1) is 0 Å². The number of rotatable bonds is 0. The van der Waals surface area contributed by atoms with Crippen molar-refractivity contribution in [3.05, 3.63) is 46.5 Å². The summed E-state index contributed by atoms with van der Waals surface area (Å²) < 4.78 is 0. The number of fused-ring (bicyclic) bond motifs is 7. The zero-order chi connectivity index (χ0) is 17.3. The Hall–Kier alpha value is -1.04. The van der Waals surface area contributed by atoms with Crippen LogP contribution in [0.1, 0.15) is 76.8 Å². The van der Waals surface area contributed by atoms with Gasteiger partial charge in [-0.05, 0) is 71.8 Å². The topological polar surface area (TPSA) is 0 Å². The van der Waals surface area contributed by atoms with Gasteiger partial charge in [-0.25, -0.2) is 0 Å². The molecule has 6 atom stereocenters. The van der Waals surface area contributed by atoms with Crippen LogP contribution in [-0.2, 0) is 6.42 Å². The maximum Gasteiger partial charge on any atom is 0.00883 e. The van der Waals surface area contributed by atoms with Gasteiger partial charge in [0.2, 0.25) is 0 Å². The molecule has 4 aliphatic rings. The SMILES string of the molecule is CC1CC2C(=C3Cc4ccccc4C3C3CCCCC23)C(C)C1(C)C. The lowest BCUT2D eigenvalue weighted by Gasteiger charge is -2.56. The first-order valence-corrected chi connectivity index (χ1v) is 10.8. The molecule has 0 aromatic heterocycles. The third kappa shape index (κ3) is 2.12. The van der Waals surface area contributed by atoms with Crippen LogP contribution in [0.4, 0.5) is 0 Å². The standard InChI is InChI=1S/C25H34/c1-15-13-21-19-11-7-8-12-20(19)24-18-10-6-5-9-17(18)14-22(24)23(21)16(2)25(15,3)4/h5-6,9-10,15-16,19-21,24H,7-8,11-14H2,1-4H3. The maximum absolute atomic E-state index is 2.56. The average molecular weight is 335 g/mol. The third-order valence-electron chi connectivity index (χ3n) is 9.20. The van der Waals surface area contributed by atoms with Crippen LogP contribution in [0.2, 0.25) is 0 Å². The molecule has 4 aliphatic carbocycles. The van der Waals surface area contributed by atoms with E-state index in [2.05, 4.69) is 52.0 Å². The lowest BCUT2D eigenvalue weighted by atomic mass is 9.49. The van der Waals surface area contributed by atoms with Crippen molar-refractivity contribution < 1.29 is 0 Å². The summed E-state index contributed by atoms with van der Waals surface area (Å²) in [7, 11) is 0. The summed E-state index contributed by atoms with van der Waals surface area (Å²) in [6.45, 7) is 10.2. The van der Waals surface area contributed by atoms with Crippen LogP contribution in [0.15, 0.2) is 35.4 Å². The van der Waals surface area contributed by atoms with Gasteiger partial charge >= 0.3 is 0 Å². The second kappa shape index (κ2) is 5.48. The van der Waals surface area contributed by atoms with Gasteiger partial charge < -0.3 is 0 Å². The van der Waals surface area contributed by atoms with Crippen LogP contribution in [0, 0.1) is 35.0 Å². The number of hydrogen-bond donors (Lipinski definition) is 0. The van der Waals surface area contributed by atoms with Gasteiger partial charge in [-0.3, -0.25) is 0 Å². The smallest absolute Gasteiger partial charge is 0.00883 e. The maximum atomic E-state index is 2.56. The monoisotopic (exact) mass is 334 g/mol. The summed E-state index contributed by atoms with van der Waals surface area (Å²) in [5.74, 6) is 5.14. The van der Waals surface area contributed by atoms with Gasteiger partial charge in [-0.2, -0.15) is 0 Å². The minimum absolute atomic E-state index is 0.444. The van der Waals surface area contributed by atoms with Crippen molar-refractivity contribution in [2.24, 2.45) is 35.0 Å². The highest BCUT2D eigenvalue weighted by Gasteiger charge is 2.53. The Morgan fingerprint density at radius 3 is 2.48 bits per heavy atom. The molecule has 0 radical (unpaired) electrons. The lowest BCUT2D eigenvalue weighted by Crippen LogP contribution is -2.47. The highest BCUT2D eigenvalue weighted by atomic mass is 14.6. The molecule has 1 aromatic rings. The summed E-state index contributed by atoms with van der Waals surface area (Å²) in [4.78, 5) is 0. The van der Waals surface area contributed by atoms with E-state index in [1.807, 2.05) is 11.1 Å². The fourth-order valence-corrected chi connectivity index (χ4v) is 7.26. The molecule has 134 valence electrons.